The Hall–Kier alpha value is -1.42. The first kappa shape index (κ1) is 21.8. The van der Waals surface area contributed by atoms with Crippen molar-refractivity contribution in [3.63, 3.8) is 0 Å². The standard InChI is InChI=1S/C26H39FN2O/c1-3-4-5-6-19(2)25-14-20-13-24(16-25,11-12-27)17-26(15-20,18-25)23(30)29-22-9-7-21(28)8-10-22/h3-6,20-22H,2,7-18,28H2,1H3,(H,29,30)/b4-3-,6-5-/t20?,21?,22?,24-,25-,26?/m1/s1. The summed E-state index contributed by atoms with van der Waals surface area (Å²) in [5, 5.41) is 3.42. The minimum Gasteiger partial charge on any atom is -0.353 e. The lowest BCUT2D eigenvalue weighted by Crippen LogP contribution is -2.62. The SMILES string of the molecule is C=C(/C=C\C=C/C)[C@]12CC3CC(C(=O)NC4CCC(N)CC4)(C[C@](CCF)(C3)C1)C2. The summed E-state index contributed by atoms with van der Waals surface area (Å²) in [6.45, 7) is 6.18. The van der Waals surface area contributed by atoms with Crippen LogP contribution in [-0.2, 0) is 4.79 Å². The smallest absolute Gasteiger partial charge is 0.226 e. The largest absolute Gasteiger partial charge is 0.353 e. The first-order chi connectivity index (χ1) is 14.3. The van der Waals surface area contributed by atoms with E-state index in [1.54, 1.807) is 0 Å². The predicted octanol–water partition coefficient (Wildman–Crippen LogP) is 5.38. The van der Waals surface area contributed by atoms with E-state index >= 15 is 0 Å². The Labute approximate surface area is 181 Å². The van der Waals surface area contributed by atoms with Crippen molar-refractivity contribution in [2.45, 2.75) is 89.6 Å². The lowest BCUT2D eigenvalue weighted by molar-refractivity contribution is -0.172. The van der Waals surface area contributed by atoms with Gasteiger partial charge in [-0.25, -0.2) is 0 Å². The second kappa shape index (κ2) is 8.26. The van der Waals surface area contributed by atoms with Gasteiger partial charge in [0.15, 0.2) is 0 Å². The molecule has 5 aliphatic carbocycles. The highest BCUT2D eigenvalue weighted by molar-refractivity contribution is 5.84. The molecule has 0 aromatic rings. The molecule has 5 aliphatic rings. The topological polar surface area (TPSA) is 55.1 Å². The molecule has 4 atom stereocenters. The van der Waals surface area contributed by atoms with Gasteiger partial charge in [-0.05, 0) is 99.9 Å². The number of nitrogens with two attached hydrogens (primary N) is 1. The summed E-state index contributed by atoms with van der Waals surface area (Å²) in [4.78, 5) is 13.7. The summed E-state index contributed by atoms with van der Waals surface area (Å²) in [6.07, 6.45) is 18.6. The van der Waals surface area contributed by atoms with Crippen LogP contribution in [0.1, 0.15) is 77.6 Å². The van der Waals surface area contributed by atoms with Gasteiger partial charge in [0.05, 0.1) is 12.1 Å². The molecule has 0 aromatic carbocycles. The van der Waals surface area contributed by atoms with Crippen molar-refractivity contribution in [1.29, 1.82) is 0 Å². The van der Waals surface area contributed by atoms with E-state index < -0.39 is 0 Å². The number of hydrogen-bond acceptors (Lipinski definition) is 2. The van der Waals surface area contributed by atoms with Gasteiger partial charge in [0.1, 0.15) is 0 Å². The number of carbonyl (C=O) groups excluding carboxylic acids is 1. The zero-order valence-corrected chi connectivity index (χ0v) is 18.6. The van der Waals surface area contributed by atoms with E-state index in [1.165, 1.54) is 0 Å². The van der Waals surface area contributed by atoms with Crippen LogP contribution in [0.15, 0.2) is 36.5 Å². The summed E-state index contributed by atoms with van der Waals surface area (Å²) < 4.78 is 13.7. The molecule has 4 heteroatoms. The second-order valence-corrected chi connectivity index (χ2v) is 11.0. The third kappa shape index (κ3) is 3.92. The predicted molar refractivity (Wildman–Crippen MR) is 121 cm³/mol. The molecule has 2 unspecified atom stereocenters. The number of amides is 1. The van der Waals surface area contributed by atoms with E-state index in [0.717, 1.165) is 69.8 Å². The number of hydrogen-bond donors (Lipinski definition) is 2. The lowest BCUT2D eigenvalue weighted by Gasteiger charge is -2.66. The number of rotatable bonds is 7. The molecule has 0 aromatic heterocycles. The van der Waals surface area contributed by atoms with Gasteiger partial charge in [0, 0.05) is 12.1 Å². The summed E-state index contributed by atoms with van der Waals surface area (Å²) in [5.41, 5.74) is 6.73. The first-order valence-electron chi connectivity index (χ1n) is 12.0. The van der Waals surface area contributed by atoms with Crippen molar-refractivity contribution in [2.24, 2.45) is 27.9 Å². The molecule has 0 radical (unpaired) electrons. The quantitative estimate of drug-likeness (QED) is 0.550. The number of halogens is 1. The van der Waals surface area contributed by atoms with Gasteiger partial charge in [-0.3, -0.25) is 9.18 Å². The number of nitrogens with one attached hydrogen (secondary N) is 1. The third-order valence-electron chi connectivity index (χ3n) is 8.68. The third-order valence-corrected chi connectivity index (χ3v) is 8.68. The Morgan fingerprint density at radius 3 is 2.50 bits per heavy atom. The van der Waals surface area contributed by atoms with E-state index in [4.69, 9.17) is 5.73 Å². The molecule has 5 rings (SSSR count). The fourth-order valence-electron chi connectivity index (χ4n) is 7.79. The summed E-state index contributed by atoms with van der Waals surface area (Å²) >= 11 is 0. The van der Waals surface area contributed by atoms with E-state index in [1.807, 2.05) is 19.1 Å². The molecule has 166 valence electrons. The van der Waals surface area contributed by atoms with Crippen molar-refractivity contribution in [1.82, 2.24) is 5.32 Å². The molecule has 3 N–H and O–H groups in total. The molecule has 0 aliphatic heterocycles. The van der Waals surface area contributed by atoms with E-state index in [9.17, 15) is 9.18 Å². The Kier molecular flexibility index (Phi) is 6.00. The van der Waals surface area contributed by atoms with Crippen LogP contribution in [0.25, 0.3) is 0 Å². The minimum atomic E-state index is -0.356. The van der Waals surface area contributed by atoms with Gasteiger partial charge in [-0.1, -0.05) is 30.9 Å². The van der Waals surface area contributed by atoms with E-state index in [2.05, 4.69) is 24.0 Å². The maximum atomic E-state index is 13.7. The minimum absolute atomic E-state index is 0.0438. The molecule has 0 heterocycles. The first-order valence-corrected chi connectivity index (χ1v) is 12.0. The van der Waals surface area contributed by atoms with E-state index in [-0.39, 0.29) is 40.9 Å². The lowest BCUT2D eigenvalue weighted by atomic mass is 9.37. The molecule has 3 nitrogen and oxygen atoms in total. The number of alkyl halides is 1. The zero-order valence-electron chi connectivity index (χ0n) is 18.6. The van der Waals surface area contributed by atoms with Crippen LogP contribution >= 0.6 is 0 Å². The van der Waals surface area contributed by atoms with Gasteiger partial charge >= 0.3 is 0 Å². The van der Waals surface area contributed by atoms with Crippen molar-refractivity contribution >= 4 is 5.91 Å². The van der Waals surface area contributed by atoms with Crippen molar-refractivity contribution < 1.29 is 9.18 Å². The highest BCUT2D eigenvalue weighted by atomic mass is 19.1. The Morgan fingerprint density at radius 1 is 1.10 bits per heavy atom. The summed E-state index contributed by atoms with van der Waals surface area (Å²) in [5.74, 6) is 0.732. The monoisotopic (exact) mass is 414 g/mol. The highest BCUT2D eigenvalue weighted by Gasteiger charge is 2.65. The van der Waals surface area contributed by atoms with Gasteiger partial charge < -0.3 is 11.1 Å². The molecular weight excluding hydrogens is 375 g/mol. The van der Waals surface area contributed by atoms with Crippen LogP contribution in [0, 0.1) is 22.2 Å². The fourth-order valence-corrected chi connectivity index (χ4v) is 7.79. The number of allylic oxidation sites excluding steroid dienone is 5. The zero-order chi connectivity index (χ0) is 21.4. The Morgan fingerprint density at radius 2 is 1.80 bits per heavy atom. The van der Waals surface area contributed by atoms with Crippen molar-refractivity contribution in [3.8, 4) is 0 Å². The van der Waals surface area contributed by atoms with Crippen LogP contribution < -0.4 is 11.1 Å². The van der Waals surface area contributed by atoms with Gasteiger partial charge in [0.2, 0.25) is 5.91 Å². The molecule has 5 saturated carbocycles. The van der Waals surface area contributed by atoms with Crippen LogP contribution in [0.3, 0.4) is 0 Å². The van der Waals surface area contributed by atoms with E-state index in [0.29, 0.717) is 12.3 Å². The average Bonchev–Trinajstić information content (AvgIpc) is 2.69. The molecular formula is C26H39FN2O. The molecule has 5 fully saturated rings. The van der Waals surface area contributed by atoms with Gasteiger partial charge in [0.25, 0.3) is 0 Å². The van der Waals surface area contributed by atoms with Gasteiger partial charge in [-0.15, -0.1) is 0 Å². The fraction of sp³-hybridized carbons (Fsp3) is 0.731. The van der Waals surface area contributed by atoms with Crippen LogP contribution in [0.4, 0.5) is 4.39 Å². The average molecular weight is 415 g/mol. The Balaban J connectivity index is 1.60. The summed E-state index contributed by atoms with van der Waals surface area (Å²) in [7, 11) is 0. The maximum absolute atomic E-state index is 13.7. The normalized spacial score (nSPS) is 42.8. The molecule has 4 bridgehead atoms. The van der Waals surface area contributed by atoms with Crippen LogP contribution in [-0.4, -0.2) is 24.7 Å². The second-order valence-electron chi connectivity index (χ2n) is 11.0. The molecule has 0 spiro atoms. The Bertz CT molecular complexity index is 737. The van der Waals surface area contributed by atoms with Crippen LogP contribution in [0.5, 0.6) is 0 Å². The number of carbonyl (C=O) groups is 1. The van der Waals surface area contributed by atoms with Gasteiger partial charge in [-0.2, -0.15) is 0 Å². The maximum Gasteiger partial charge on any atom is 0.226 e. The summed E-state index contributed by atoms with van der Waals surface area (Å²) in [6, 6.07) is 0.525. The highest BCUT2D eigenvalue weighted by Crippen LogP contribution is 2.72. The molecule has 1 amide bonds. The van der Waals surface area contributed by atoms with Crippen molar-refractivity contribution in [2.75, 3.05) is 6.67 Å². The molecule has 30 heavy (non-hydrogen) atoms. The van der Waals surface area contributed by atoms with Crippen molar-refractivity contribution in [3.05, 3.63) is 36.5 Å². The molecule has 0 saturated heterocycles. The van der Waals surface area contributed by atoms with Crippen LogP contribution in [0.2, 0.25) is 0 Å².